The lowest BCUT2D eigenvalue weighted by Crippen LogP contribution is -2.49. The van der Waals surface area contributed by atoms with Gasteiger partial charge in [-0.2, -0.15) is 0 Å². The van der Waals surface area contributed by atoms with Gasteiger partial charge in [0, 0.05) is 37.2 Å². The zero-order valence-electron chi connectivity index (χ0n) is 11.4. The molecular weight excluding hydrogens is 343 g/mol. The molecule has 1 aromatic carbocycles. The second kappa shape index (κ2) is 7.00. The first-order valence-corrected chi connectivity index (χ1v) is 7.45. The van der Waals surface area contributed by atoms with Gasteiger partial charge in [0.25, 0.3) is 5.91 Å². The van der Waals surface area contributed by atoms with Gasteiger partial charge in [-0.05, 0) is 34.1 Å². The van der Waals surface area contributed by atoms with E-state index in [0.29, 0.717) is 42.8 Å². The molecule has 1 aromatic rings. The van der Waals surface area contributed by atoms with Crippen LogP contribution in [0.3, 0.4) is 0 Å². The summed E-state index contributed by atoms with van der Waals surface area (Å²) in [5.41, 5.74) is 0.440. The summed E-state index contributed by atoms with van der Waals surface area (Å²) in [7, 11) is 0. The Morgan fingerprint density at radius 2 is 1.90 bits per heavy atom. The van der Waals surface area contributed by atoms with Crippen LogP contribution in [-0.2, 0) is 4.79 Å². The number of carbonyl (C=O) groups is 2. The highest BCUT2D eigenvalue weighted by molar-refractivity contribution is 9.10. The molecule has 0 aromatic heterocycles. The minimum atomic E-state index is -0.816. The van der Waals surface area contributed by atoms with Crippen molar-refractivity contribution in [1.29, 1.82) is 0 Å². The van der Waals surface area contributed by atoms with E-state index in [4.69, 9.17) is 5.11 Å². The summed E-state index contributed by atoms with van der Waals surface area (Å²) >= 11 is 3.20. The van der Waals surface area contributed by atoms with Gasteiger partial charge < -0.3 is 10.0 Å². The molecule has 1 aliphatic rings. The van der Waals surface area contributed by atoms with E-state index < -0.39 is 11.8 Å². The first-order chi connectivity index (χ1) is 9.97. The third kappa shape index (κ3) is 4.25. The van der Waals surface area contributed by atoms with Crippen LogP contribution in [0.5, 0.6) is 0 Å². The number of carboxylic acid groups (broad SMARTS) is 1. The summed E-state index contributed by atoms with van der Waals surface area (Å²) in [5, 5.41) is 8.66. The van der Waals surface area contributed by atoms with E-state index in [-0.39, 0.29) is 12.3 Å². The third-order valence-corrected chi connectivity index (χ3v) is 4.12. The maximum Gasteiger partial charge on any atom is 0.304 e. The number of benzene rings is 1. The van der Waals surface area contributed by atoms with Crippen LogP contribution < -0.4 is 0 Å². The SMILES string of the molecule is O=C(O)CCN1CCN(C(=O)c2ccc(F)cc2Br)CC1. The van der Waals surface area contributed by atoms with Crippen molar-refractivity contribution in [1.82, 2.24) is 9.80 Å². The second-order valence-corrected chi connectivity index (χ2v) is 5.76. The number of nitrogens with zero attached hydrogens (tertiary/aromatic N) is 2. The van der Waals surface area contributed by atoms with Crippen molar-refractivity contribution in [2.75, 3.05) is 32.7 Å². The monoisotopic (exact) mass is 358 g/mol. The highest BCUT2D eigenvalue weighted by Crippen LogP contribution is 2.20. The van der Waals surface area contributed by atoms with Crippen molar-refractivity contribution in [2.45, 2.75) is 6.42 Å². The average molecular weight is 359 g/mol. The van der Waals surface area contributed by atoms with E-state index in [1.165, 1.54) is 18.2 Å². The first kappa shape index (κ1) is 15.9. The molecule has 0 atom stereocenters. The maximum atomic E-state index is 13.0. The smallest absolute Gasteiger partial charge is 0.304 e. The van der Waals surface area contributed by atoms with Crippen molar-refractivity contribution in [2.24, 2.45) is 0 Å². The van der Waals surface area contributed by atoms with Crippen LogP contribution in [0.15, 0.2) is 22.7 Å². The van der Waals surface area contributed by atoms with Gasteiger partial charge >= 0.3 is 5.97 Å². The molecule has 7 heteroatoms. The van der Waals surface area contributed by atoms with Crippen LogP contribution in [-0.4, -0.2) is 59.5 Å². The van der Waals surface area contributed by atoms with E-state index >= 15 is 0 Å². The van der Waals surface area contributed by atoms with Crippen molar-refractivity contribution < 1.29 is 19.1 Å². The van der Waals surface area contributed by atoms with Gasteiger partial charge in [-0.3, -0.25) is 14.5 Å². The molecule has 21 heavy (non-hydrogen) atoms. The number of halogens is 2. The Morgan fingerprint density at radius 1 is 1.24 bits per heavy atom. The molecule has 2 rings (SSSR count). The highest BCUT2D eigenvalue weighted by atomic mass is 79.9. The van der Waals surface area contributed by atoms with Gasteiger partial charge in [-0.15, -0.1) is 0 Å². The largest absolute Gasteiger partial charge is 0.481 e. The van der Waals surface area contributed by atoms with Crippen molar-refractivity contribution in [3.63, 3.8) is 0 Å². The quantitative estimate of drug-likeness (QED) is 0.891. The van der Waals surface area contributed by atoms with E-state index in [2.05, 4.69) is 15.9 Å². The van der Waals surface area contributed by atoms with Gasteiger partial charge in [0.1, 0.15) is 5.82 Å². The Bertz CT molecular complexity index is 545. The normalized spacial score (nSPS) is 16.0. The lowest BCUT2D eigenvalue weighted by Gasteiger charge is -2.34. The summed E-state index contributed by atoms with van der Waals surface area (Å²) in [5.74, 6) is -1.35. The number of piperazine rings is 1. The summed E-state index contributed by atoms with van der Waals surface area (Å²) in [6.07, 6.45) is 0.109. The fourth-order valence-corrected chi connectivity index (χ4v) is 2.78. The maximum absolute atomic E-state index is 13.0. The number of amides is 1. The summed E-state index contributed by atoms with van der Waals surface area (Å²) in [6, 6.07) is 4.01. The predicted molar refractivity (Wildman–Crippen MR) is 78.7 cm³/mol. The highest BCUT2D eigenvalue weighted by Gasteiger charge is 2.23. The lowest BCUT2D eigenvalue weighted by atomic mass is 10.1. The molecule has 1 aliphatic heterocycles. The molecule has 0 radical (unpaired) electrons. The lowest BCUT2D eigenvalue weighted by molar-refractivity contribution is -0.137. The molecule has 0 bridgehead atoms. The van der Waals surface area contributed by atoms with Crippen LogP contribution in [0.4, 0.5) is 4.39 Å². The van der Waals surface area contributed by atoms with Crippen LogP contribution in [0.25, 0.3) is 0 Å². The molecule has 1 saturated heterocycles. The molecule has 0 aliphatic carbocycles. The molecule has 1 amide bonds. The fourth-order valence-electron chi connectivity index (χ4n) is 2.26. The van der Waals surface area contributed by atoms with Gasteiger partial charge in [0.05, 0.1) is 12.0 Å². The minimum Gasteiger partial charge on any atom is -0.481 e. The number of hydrogen-bond donors (Lipinski definition) is 1. The Balaban J connectivity index is 1.92. The summed E-state index contributed by atoms with van der Waals surface area (Å²) in [4.78, 5) is 26.6. The Labute approximate surface area is 130 Å². The molecule has 0 saturated carbocycles. The zero-order chi connectivity index (χ0) is 15.4. The van der Waals surface area contributed by atoms with E-state index in [1.54, 1.807) is 4.90 Å². The van der Waals surface area contributed by atoms with Gasteiger partial charge in [-0.1, -0.05) is 0 Å². The number of aliphatic carboxylic acids is 1. The predicted octanol–water partition coefficient (Wildman–Crippen LogP) is 1.82. The van der Waals surface area contributed by atoms with Crippen LogP contribution in [0, 0.1) is 5.82 Å². The molecule has 0 unspecified atom stereocenters. The Hall–Kier alpha value is -1.47. The van der Waals surface area contributed by atoms with Crippen molar-refractivity contribution in [3.05, 3.63) is 34.1 Å². The molecule has 0 spiro atoms. The average Bonchev–Trinajstić information content (AvgIpc) is 2.45. The van der Waals surface area contributed by atoms with Gasteiger partial charge in [0.2, 0.25) is 0 Å². The van der Waals surface area contributed by atoms with E-state index in [1.807, 2.05) is 4.90 Å². The topological polar surface area (TPSA) is 60.9 Å². The molecular formula is C14H16BrFN2O3. The van der Waals surface area contributed by atoms with Crippen LogP contribution in [0.2, 0.25) is 0 Å². The van der Waals surface area contributed by atoms with Gasteiger partial charge in [0.15, 0.2) is 0 Å². The molecule has 1 N–H and O–H groups in total. The summed E-state index contributed by atoms with van der Waals surface area (Å²) in [6.45, 7) is 2.89. The van der Waals surface area contributed by atoms with E-state index in [9.17, 15) is 14.0 Å². The molecule has 1 fully saturated rings. The molecule has 5 nitrogen and oxygen atoms in total. The number of hydrogen-bond acceptors (Lipinski definition) is 3. The van der Waals surface area contributed by atoms with Gasteiger partial charge in [-0.25, -0.2) is 4.39 Å². The standard InChI is InChI=1S/C14H16BrFN2O3/c15-12-9-10(16)1-2-11(12)14(21)18-7-5-17(6-8-18)4-3-13(19)20/h1-2,9H,3-8H2,(H,19,20). The molecule has 114 valence electrons. The zero-order valence-corrected chi connectivity index (χ0v) is 13.0. The fraction of sp³-hybridized carbons (Fsp3) is 0.429. The Morgan fingerprint density at radius 3 is 2.48 bits per heavy atom. The van der Waals surface area contributed by atoms with Crippen molar-refractivity contribution >= 4 is 27.8 Å². The minimum absolute atomic E-state index is 0.109. The van der Waals surface area contributed by atoms with Crippen LogP contribution in [0.1, 0.15) is 16.8 Å². The first-order valence-electron chi connectivity index (χ1n) is 6.66. The number of carbonyl (C=O) groups excluding carboxylic acids is 1. The number of rotatable bonds is 4. The van der Waals surface area contributed by atoms with E-state index in [0.717, 1.165) is 0 Å². The molecule has 1 heterocycles. The number of carboxylic acids is 1. The third-order valence-electron chi connectivity index (χ3n) is 3.46. The van der Waals surface area contributed by atoms with Crippen molar-refractivity contribution in [3.8, 4) is 0 Å². The second-order valence-electron chi connectivity index (χ2n) is 4.90. The van der Waals surface area contributed by atoms with Crippen LogP contribution >= 0.6 is 15.9 Å². The summed E-state index contributed by atoms with van der Waals surface area (Å²) < 4.78 is 13.5. The Kier molecular flexibility index (Phi) is 5.30.